The highest BCUT2D eigenvalue weighted by Crippen LogP contribution is 2.35. The number of hydrogen-bond acceptors (Lipinski definition) is 4. The Kier molecular flexibility index (Phi) is 5.41. The monoisotopic (exact) mass is 373 g/mol. The van der Waals surface area contributed by atoms with Crippen LogP contribution in [0.1, 0.15) is 39.1 Å². The van der Waals surface area contributed by atoms with Gasteiger partial charge in [-0.05, 0) is 61.2 Å². The van der Waals surface area contributed by atoms with Gasteiger partial charge in [0.25, 0.3) is 5.91 Å². The van der Waals surface area contributed by atoms with E-state index < -0.39 is 11.8 Å². The maximum atomic E-state index is 14.5. The molecule has 3 rings (SSSR count). The summed E-state index contributed by atoms with van der Waals surface area (Å²) < 4.78 is 24.9. The Morgan fingerprint density at radius 3 is 2.56 bits per heavy atom. The summed E-state index contributed by atoms with van der Waals surface area (Å²) in [7, 11) is 1.44. The Morgan fingerprint density at radius 1 is 1.19 bits per heavy atom. The average molecular weight is 373 g/mol. The van der Waals surface area contributed by atoms with Crippen molar-refractivity contribution in [1.82, 2.24) is 5.32 Å². The molecule has 0 aliphatic heterocycles. The highest BCUT2D eigenvalue weighted by atomic mass is 19.1. The number of aromatic carboxylic acids is 1. The van der Waals surface area contributed by atoms with Crippen LogP contribution in [0, 0.1) is 12.7 Å². The molecule has 2 aromatic carbocycles. The smallest absolute Gasteiger partial charge is 0.335 e. The molecule has 1 amide bonds. The van der Waals surface area contributed by atoms with Crippen LogP contribution in [0.2, 0.25) is 0 Å². The number of amides is 1. The maximum Gasteiger partial charge on any atom is 0.335 e. The summed E-state index contributed by atoms with van der Waals surface area (Å²) in [5.74, 6) is -1.73. The van der Waals surface area contributed by atoms with Gasteiger partial charge < -0.3 is 19.9 Å². The molecule has 1 fully saturated rings. The zero-order valence-corrected chi connectivity index (χ0v) is 15.0. The fraction of sp³-hybridized carbons (Fsp3) is 0.300. The van der Waals surface area contributed by atoms with Gasteiger partial charge in [0.1, 0.15) is 11.6 Å². The van der Waals surface area contributed by atoms with Crippen LogP contribution < -0.4 is 10.1 Å². The third-order valence-electron chi connectivity index (χ3n) is 4.37. The topological polar surface area (TPSA) is 84.9 Å². The van der Waals surface area contributed by atoms with E-state index in [2.05, 4.69) is 5.32 Å². The Morgan fingerprint density at radius 2 is 1.93 bits per heavy atom. The summed E-state index contributed by atoms with van der Waals surface area (Å²) in [5.41, 5.74) is 1.52. The van der Waals surface area contributed by atoms with Gasteiger partial charge in [0, 0.05) is 24.3 Å². The molecular weight excluding hydrogens is 353 g/mol. The molecule has 2 N–H and O–H groups in total. The first-order valence-electron chi connectivity index (χ1n) is 8.51. The molecular formula is C20H20FNO5. The number of ether oxygens (including phenoxy) is 2. The summed E-state index contributed by atoms with van der Waals surface area (Å²) in [6.07, 6.45) is 1.86. The number of carboxylic acids is 1. The van der Waals surface area contributed by atoms with Gasteiger partial charge in [0.05, 0.1) is 5.56 Å². The van der Waals surface area contributed by atoms with Gasteiger partial charge >= 0.3 is 5.97 Å². The maximum absolute atomic E-state index is 14.5. The molecule has 6 nitrogen and oxygen atoms in total. The minimum Gasteiger partial charge on any atom is -0.478 e. The zero-order valence-electron chi connectivity index (χ0n) is 15.0. The van der Waals surface area contributed by atoms with Crippen LogP contribution in [0.15, 0.2) is 30.3 Å². The van der Waals surface area contributed by atoms with Crippen LogP contribution >= 0.6 is 0 Å². The lowest BCUT2D eigenvalue weighted by Gasteiger charge is -2.15. The second-order valence-electron chi connectivity index (χ2n) is 6.45. The molecule has 1 aliphatic carbocycles. The van der Waals surface area contributed by atoms with E-state index in [0.717, 1.165) is 12.8 Å². The fourth-order valence-corrected chi connectivity index (χ4v) is 2.71. The van der Waals surface area contributed by atoms with Gasteiger partial charge in [-0.3, -0.25) is 4.79 Å². The Bertz CT molecular complexity index is 892. The molecule has 7 heteroatoms. The van der Waals surface area contributed by atoms with E-state index in [-0.39, 0.29) is 35.6 Å². The molecule has 0 unspecified atom stereocenters. The van der Waals surface area contributed by atoms with Crippen molar-refractivity contribution in [3.63, 3.8) is 0 Å². The molecule has 142 valence electrons. The number of nitrogens with one attached hydrogen (secondary N) is 1. The zero-order chi connectivity index (χ0) is 19.6. The standard InChI is InChI=1S/C20H20FNO5/c1-11-16(7-13(8-17(11)21)19(23)22-14-4-5-14)15-6-3-12(20(24)25)9-18(15)27-10-26-2/h3,6-9,14H,4-5,10H2,1-2H3,(H,22,23)(H,24,25). The SMILES string of the molecule is COCOc1cc(C(=O)O)ccc1-c1cc(C(=O)NC2CC2)cc(F)c1C. The molecule has 0 spiro atoms. The molecule has 0 radical (unpaired) electrons. The van der Waals surface area contributed by atoms with Gasteiger partial charge in [0.15, 0.2) is 6.79 Å². The lowest BCUT2D eigenvalue weighted by atomic mass is 9.95. The van der Waals surface area contributed by atoms with E-state index in [0.29, 0.717) is 16.7 Å². The normalized spacial score (nSPS) is 13.3. The molecule has 0 saturated heterocycles. The Hall–Kier alpha value is -2.93. The Labute approximate surface area is 155 Å². The lowest BCUT2D eigenvalue weighted by molar-refractivity contribution is 0.0511. The van der Waals surface area contributed by atoms with Gasteiger partial charge in [-0.25, -0.2) is 9.18 Å². The van der Waals surface area contributed by atoms with Crippen LogP contribution in [-0.4, -0.2) is 36.9 Å². The van der Waals surface area contributed by atoms with Gasteiger partial charge in [-0.2, -0.15) is 0 Å². The number of carboxylic acid groups (broad SMARTS) is 1. The van der Waals surface area contributed by atoms with E-state index in [1.165, 1.54) is 25.3 Å². The van der Waals surface area contributed by atoms with Crippen LogP contribution in [0.3, 0.4) is 0 Å². The lowest BCUT2D eigenvalue weighted by Crippen LogP contribution is -2.25. The van der Waals surface area contributed by atoms with E-state index in [1.807, 2.05) is 0 Å². The molecule has 0 aromatic heterocycles. The highest BCUT2D eigenvalue weighted by Gasteiger charge is 2.25. The minimum atomic E-state index is -1.11. The van der Waals surface area contributed by atoms with Crippen molar-refractivity contribution in [2.45, 2.75) is 25.8 Å². The van der Waals surface area contributed by atoms with E-state index in [9.17, 15) is 19.1 Å². The van der Waals surface area contributed by atoms with Crippen molar-refractivity contribution in [2.24, 2.45) is 0 Å². The third kappa shape index (κ3) is 4.25. The molecule has 1 saturated carbocycles. The van der Waals surface area contributed by atoms with Gasteiger partial charge in [-0.15, -0.1) is 0 Å². The van der Waals surface area contributed by atoms with Crippen molar-refractivity contribution < 1.29 is 28.6 Å². The predicted molar refractivity (Wildman–Crippen MR) is 96.5 cm³/mol. The quantitative estimate of drug-likeness (QED) is 0.727. The first-order chi connectivity index (χ1) is 12.9. The molecule has 0 heterocycles. The number of hydrogen-bond donors (Lipinski definition) is 2. The molecule has 0 bridgehead atoms. The first-order valence-corrected chi connectivity index (χ1v) is 8.51. The number of benzene rings is 2. The number of halogens is 1. The summed E-state index contributed by atoms with van der Waals surface area (Å²) >= 11 is 0. The first kappa shape index (κ1) is 18.8. The summed E-state index contributed by atoms with van der Waals surface area (Å²) in [5, 5.41) is 12.0. The predicted octanol–water partition coefficient (Wildman–Crippen LogP) is 3.37. The van der Waals surface area contributed by atoms with E-state index in [1.54, 1.807) is 19.1 Å². The van der Waals surface area contributed by atoms with E-state index in [4.69, 9.17) is 9.47 Å². The van der Waals surface area contributed by atoms with Crippen LogP contribution in [-0.2, 0) is 4.74 Å². The molecule has 27 heavy (non-hydrogen) atoms. The minimum absolute atomic E-state index is 0.0330. The van der Waals surface area contributed by atoms with Crippen LogP contribution in [0.25, 0.3) is 11.1 Å². The summed E-state index contributed by atoms with van der Waals surface area (Å²) in [6.45, 7) is 1.50. The highest BCUT2D eigenvalue weighted by molar-refractivity contribution is 5.97. The van der Waals surface area contributed by atoms with Crippen molar-refractivity contribution in [3.05, 3.63) is 52.8 Å². The van der Waals surface area contributed by atoms with Crippen molar-refractivity contribution in [2.75, 3.05) is 13.9 Å². The second-order valence-corrected chi connectivity index (χ2v) is 6.45. The van der Waals surface area contributed by atoms with Gasteiger partial charge in [0.2, 0.25) is 0 Å². The number of rotatable bonds is 7. The van der Waals surface area contributed by atoms with Crippen molar-refractivity contribution in [1.29, 1.82) is 0 Å². The third-order valence-corrected chi connectivity index (χ3v) is 4.37. The second kappa shape index (κ2) is 7.75. The fourth-order valence-electron chi connectivity index (χ4n) is 2.71. The molecule has 2 aromatic rings. The number of carbonyl (C=O) groups excluding carboxylic acids is 1. The van der Waals surface area contributed by atoms with Gasteiger partial charge in [-0.1, -0.05) is 0 Å². The number of methoxy groups -OCH3 is 1. The molecule has 1 aliphatic rings. The summed E-state index contributed by atoms with van der Waals surface area (Å²) in [6, 6.07) is 7.25. The van der Waals surface area contributed by atoms with Crippen LogP contribution in [0.4, 0.5) is 4.39 Å². The van der Waals surface area contributed by atoms with E-state index >= 15 is 0 Å². The Balaban J connectivity index is 2.06. The molecule has 0 atom stereocenters. The largest absolute Gasteiger partial charge is 0.478 e. The van der Waals surface area contributed by atoms with Crippen molar-refractivity contribution in [3.8, 4) is 16.9 Å². The summed E-state index contributed by atoms with van der Waals surface area (Å²) in [4.78, 5) is 23.6. The average Bonchev–Trinajstić information content (AvgIpc) is 3.45. The van der Waals surface area contributed by atoms with Crippen LogP contribution in [0.5, 0.6) is 5.75 Å². The van der Waals surface area contributed by atoms with Crippen molar-refractivity contribution >= 4 is 11.9 Å². The number of carbonyl (C=O) groups is 2.